The van der Waals surface area contributed by atoms with Crippen molar-refractivity contribution in [3.63, 3.8) is 0 Å². The fourth-order valence-corrected chi connectivity index (χ4v) is 3.82. The molecular formula is C19H16Cl3NO4. The Hall–Kier alpha value is -1.50. The normalized spacial score (nSPS) is 18.0. The van der Waals surface area contributed by atoms with Crippen LogP contribution in [0.5, 0.6) is 5.75 Å². The van der Waals surface area contributed by atoms with E-state index in [1.54, 1.807) is 36.4 Å². The second kappa shape index (κ2) is 7.49. The van der Waals surface area contributed by atoms with Gasteiger partial charge < -0.3 is 19.1 Å². The predicted octanol–water partition coefficient (Wildman–Crippen LogP) is 4.66. The molecule has 5 nitrogen and oxygen atoms in total. The maximum absolute atomic E-state index is 13.2. The summed E-state index contributed by atoms with van der Waals surface area (Å²) in [4.78, 5) is 14.7. The van der Waals surface area contributed by atoms with Crippen LogP contribution in [-0.4, -0.2) is 32.3 Å². The summed E-state index contributed by atoms with van der Waals surface area (Å²) in [5.41, 5.74) is 1.09. The van der Waals surface area contributed by atoms with Crippen molar-refractivity contribution in [1.82, 2.24) is 0 Å². The number of halogens is 3. The highest BCUT2D eigenvalue weighted by atomic mass is 35.5. The summed E-state index contributed by atoms with van der Waals surface area (Å²) in [6.45, 7) is 1.38. The van der Waals surface area contributed by atoms with Crippen LogP contribution >= 0.6 is 34.8 Å². The smallest absolute Gasteiger partial charge is 0.292 e. The summed E-state index contributed by atoms with van der Waals surface area (Å²) >= 11 is 18.5. The lowest BCUT2D eigenvalue weighted by molar-refractivity contribution is -0.256. The Labute approximate surface area is 171 Å². The Morgan fingerprint density at radius 2 is 1.74 bits per heavy atom. The van der Waals surface area contributed by atoms with E-state index >= 15 is 0 Å². The van der Waals surface area contributed by atoms with Gasteiger partial charge in [0.05, 0.1) is 35.5 Å². The zero-order chi connectivity index (χ0) is 19.0. The minimum atomic E-state index is -1.46. The summed E-state index contributed by atoms with van der Waals surface area (Å²) < 4.78 is 17.3. The molecule has 1 saturated heterocycles. The van der Waals surface area contributed by atoms with Crippen molar-refractivity contribution in [3.8, 4) is 5.75 Å². The van der Waals surface area contributed by atoms with E-state index in [1.165, 1.54) is 4.90 Å². The van der Waals surface area contributed by atoms with Crippen LogP contribution in [0.3, 0.4) is 0 Å². The molecule has 2 aliphatic rings. The van der Waals surface area contributed by atoms with Gasteiger partial charge in [0.2, 0.25) is 0 Å². The van der Waals surface area contributed by atoms with Gasteiger partial charge >= 0.3 is 0 Å². The lowest BCUT2D eigenvalue weighted by Gasteiger charge is -2.32. The van der Waals surface area contributed by atoms with Gasteiger partial charge in [0.15, 0.2) is 0 Å². The Morgan fingerprint density at radius 3 is 2.44 bits per heavy atom. The predicted molar refractivity (Wildman–Crippen MR) is 104 cm³/mol. The van der Waals surface area contributed by atoms with E-state index in [1.807, 2.05) is 0 Å². The Morgan fingerprint density at radius 1 is 1.04 bits per heavy atom. The molecule has 1 spiro atoms. The Kier molecular flexibility index (Phi) is 5.23. The molecule has 8 heteroatoms. The first-order valence-electron chi connectivity index (χ1n) is 8.49. The monoisotopic (exact) mass is 427 g/mol. The SMILES string of the molecule is O=C1N(CCOc2ccc(Cl)cc2)c2c(ccc(Cl)c2Cl)C12OCCCO2. The number of anilines is 1. The summed E-state index contributed by atoms with van der Waals surface area (Å²) in [5.74, 6) is -1.12. The number of carbonyl (C=O) groups excluding carboxylic acids is 1. The average molecular weight is 429 g/mol. The molecule has 0 aromatic heterocycles. The summed E-state index contributed by atoms with van der Waals surface area (Å²) in [6.07, 6.45) is 0.728. The van der Waals surface area contributed by atoms with Crippen molar-refractivity contribution < 1.29 is 19.0 Å². The zero-order valence-corrected chi connectivity index (χ0v) is 16.5. The van der Waals surface area contributed by atoms with Crippen LogP contribution in [-0.2, 0) is 20.1 Å². The molecule has 2 aliphatic heterocycles. The van der Waals surface area contributed by atoms with Gasteiger partial charge in [0.25, 0.3) is 11.7 Å². The molecule has 142 valence electrons. The fraction of sp³-hybridized carbons (Fsp3) is 0.316. The van der Waals surface area contributed by atoms with E-state index in [0.29, 0.717) is 45.3 Å². The Bertz CT molecular complexity index is 866. The van der Waals surface area contributed by atoms with Crippen LogP contribution in [0.15, 0.2) is 36.4 Å². The van der Waals surface area contributed by atoms with E-state index in [9.17, 15) is 4.79 Å². The van der Waals surface area contributed by atoms with Gasteiger partial charge in [-0.05, 0) is 42.8 Å². The minimum absolute atomic E-state index is 0.256. The fourth-order valence-electron chi connectivity index (χ4n) is 3.27. The highest BCUT2D eigenvalue weighted by Crippen LogP contribution is 2.50. The minimum Gasteiger partial charge on any atom is -0.492 e. The second-order valence-electron chi connectivity index (χ2n) is 6.18. The number of hydrogen-bond acceptors (Lipinski definition) is 4. The second-order valence-corrected chi connectivity index (χ2v) is 7.41. The molecule has 0 N–H and O–H groups in total. The van der Waals surface area contributed by atoms with E-state index < -0.39 is 5.79 Å². The van der Waals surface area contributed by atoms with Crippen molar-refractivity contribution >= 4 is 46.4 Å². The van der Waals surface area contributed by atoms with Crippen LogP contribution in [0.2, 0.25) is 15.1 Å². The molecule has 0 radical (unpaired) electrons. The van der Waals surface area contributed by atoms with Crippen molar-refractivity contribution in [2.75, 3.05) is 31.3 Å². The van der Waals surface area contributed by atoms with Crippen molar-refractivity contribution in [2.45, 2.75) is 12.2 Å². The maximum Gasteiger partial charge on any atom is 0.292 e. The van der Waals surface area contributed by atoms with Crippen molar-refractivity contribution in [2.24, 2.45) is 0 Å². The maximum atomic E-state index is 13.2. The summed E-state index contributed by atoms with van der Waals surface area (Å²) in [5, 5.41) is 1.28. The van der Waals surface area contributed by atoms with Gasteiger partial charge in [-0.15, -0.1) is 0 Å². The zero-order valence-electron chi connectivity index (χ0n) is 14.2. The van der Waals surface area contributed by atoms with Crippen LogP contribution in [0, 0.1) is 0 Å². The van der Waals surface area contributed by atoms with E-state index in [2.05, 4.69) is 0 Å². The molecule has 4 rings (SSSR count). The third-order valence-corrected chi connectivity index (χ3v) is 5.56. The first-order chi connectivity index (χ1) is 13.0. The van der Waals surface area contributed by atoms with Gasteiger partial charge in [0.1, 0.15) is 12.4 Å². The number of fused-ring (bicyclic) bond motifs is 2. The van der Waals surface area contributed by atoms with Crippen LogP contribution in [0.1, 0.15) is 12.0 Å². The molecule has 0 bridgehead atoms. The van der Waals surface area contributed by atoms with E-state index in [-0.39, 0.29) is 19.1 Å². The summed E-state index contributed by atoms with van der Waals surface area (Å²) in [6, 6.07) is 10.4. The molecule has 2 aromatic rings. The van der Waals surface area contributed by atoms with Gasteiger partial charge in [-0.1, -0.05) is 34.8 Å². The van der Waals surface area contributed by atoms with Crippen LogP contribution in [0.4, 0.5) is 5.69 Å². The molecule has 27 heavy (non-hydrogen) atoms. The van der Waals surface area contributed by atoms with E-state index in [4.69, 9.17) is 49.0 Å². The number of benzene rings is 2. The number of nitrogens with zero attached hydrogens (tertiary/aromatic N) is 1. The third kappa shape index (κ3) is 3.28. The van der Waals surface area contributed by atoms with Gasteiger partial charge in [-0.25, -0.2) is 0 Å². The standard InChI is InChI=1S/C19H16Cl3NO4/c20-12-2-4-13(5-3-12)25-11-8-23-17-14(6-7-15(21)16(17)22)19(18(23)24)26-9-1-10-27-19/h2-7H,1,8-11H2. The molecule has 2 heterocycles. The number of carbonyl (C=O) groups is 1. The molecular weight excluding hydrogens is 413 g/mol. The number of ether oxygens (including phenoxy) is 3. The van der Waals surface area contributed by atoms with Crippen LogP contribution < -0.4 is 9.64 Å². The van der Waals surface area contributed by atoms with Gasteiger partial charge in [-0.2, -0.15) is 0 Å². The number of hydrogen-bond donors (Lipinski definition) is 0. The van der Waals surface area contributed by atoms with Gasteiger partial charge in [0, 0.05) is 10.6 Å². The molecule has 1 fully saturated rings. The topological polar surface area (TPSA) is 48.0 Å². The molecule has 0 aliphatic carbocycles. The van der Waals surface area contributed by atoms with Crippen molar-refractivity contribution in [3.05, 3.63) is 57.0 Å². The third-order valence-electron chi connectivity index (χ3n) is 4.52. The van der Waals surface area contributed by atoms with Gasteiger partial charge in [-0.3, -0.25) is 4.79 Å². The van der Waals surface area contributed by atoms with Crippen LogP contribution in [0.25, 0.3) is 0 Å². The first-order valence-corrected chi connectivity index (χ1v) is 9.63. The van der Waals surface area contributed by atoms with E-state index in [0.717, 1.165) is 6.42 Å². The quantitative estimate of drug-likeness (QED) is 0.710. The largest absolute Gasteiger partial charge is 0.492 e. The van der Waals surface area contributed by atoms with Crippen molar-refractivity contribution in [1.29, 1.82) is 0 Å². The lowest BCUT2D eigenvalue weighted by atomic mass is 10.1. The lowest BCUT2D eigenvalue weighted by Crippen LogP contribution is -2.48. The molecule has 0 atom stereocenters. The highest BCUT2D eigenvalue weighted by Gasteiger charge is 2.55. The number of rotatable bonds is 4. The molecule has 1 amide bonds. The summed E-state index contributed by atoms with van der Waals surface area (Å²) in [7, 11) is 0. The molecule has 0 unspecified atom stereocenters. The Balaban J connectivity index is 1.60. The molecule has 2 aromatic carbocycles. The highest BCUT2D eigenvalue weighted by molar-refractivity contribution is 6.44. The average Bonchev–Trinajstić information content (AvgIpc) is 2.90. The molecule has 0 saturated carbocycles. The number of amides is 1. The first kappa shape index (κ1) is 18.8.